The third-order valence-corrected chi connectivity index (χ3v) is 9.12. The molecule has 3 aliphatic rings. The fourth-order valence-electron chi connectivity index (χ4n) is 6.97. The predicted molar refractivity (Wildman–Crippen MR) is 192 cm³/mol. The number of aromatic amines is 1. The molecule has 0 spiro atoms. The highest BCUT2D eigenvalue weighted by Crippen LogP contribution is 2.45. The van der Waals surface area contributed by atoms with Gasteiger partial charge in [-0.1, -0.05) is 30.3 Å². The summed E-state index contributed by atoms with van der Waals surface area (Å²) < 4.78 is 65.1. The number of rotatable bonds is 16. The molecule has 1 aromatic heterocycles. The summed E-state index contributed by atoms with van der Waals surface area (Å²) in [6, 6.07) is 9.67. The number of ether oxygens (including phenoxy) is 11. The number of H-pyrrole nitrogens is 1. The molecule has 2 aromatic rings. The first-order chi connectivity index (χ1) is 27.8. The van der Waals surface area contributed by atoms with Gasteiger partial charge in [0.1, 0.15) is 43.7 Å². The van der Waals surface area contributed by atoms with Crippen LogP contribution >= 0.6 is 0 Å². The summed E-state index contributed by atoms with van der Waals surface area (Å²) in [5.41, 5.74) is -0.883. The molecule has 0 amide bonds. The van der Waals surface area contributed by atoms with Crippen molar-refractivity contribution in [2.24, 2.45) is 0 Å². The Hall–Kier alpha value is -5.48. The standard InChI is InChI=1S/C38H46N2O19/c1-19(41)49-17-26(53-21(3)43)29(54-22(4)44)32(55-23(5)45)30-25(52-20(2)42)15-38(59-30,35(47)50-16-24-11-9-8-10-12-24)51-18-27-31-33(58-37(6,7)57-31)34(56-27)40-14-13-28(46)39-36(40)48/h8-14,25-27,29-34H,15-18H2,1-7H3,(H,39,46,48)/t25-,26+,27+,29+,30+,31+,32-,33+,34+,38-/m0/s1. The SMILES string of the molecule is CC(=O)OC[C@@H](OC(C)=O)[C@@H](OC(C)=O)[C@H](OC(C)=O)[C@@H]1O[C@](OC[C@H]2O[C@@H](n3ccc(=O)[nH]c3=O)[C@@H]3OC(C)(C)O[C@@H]32)(C(=O)OCc2ccccc2)C[C@@H]1OC(C)=O. The Kier molecular flexibility index (Phi) is 14.1. The van der Waals surface area contributed by atoms with Crippen molar-refractivity contribution in [3.63, 3.8) is 0 Å². The van der Waals surface area contributed by atoms with Crippen molar-refractivity contribution >= 4 is 35.8 Å². The second-order valence-corrected chi connectivity index (χ2v) is 14.3. The van der Waals surface area contributed by atoms with Gasteiger partial charge in [-0.15, -0.1) is 0 Å². The van der Waals surface area contributed by atoms with E-state index < -0.39 is 133 Å². The third-order valence-electron chi connectivity index (χ3n) is 9.12. The van der Waals surface area contributed by atoms with E-state index in [1.807, 2.05) is 0 Å². The molecule has 4 heterocycles. The van der Waals surface area contributed by atoms with Gasteiger partial charge in [0, 0.05) is 46.9 Å². The van der Waals surface area contributed by atoms with E-state index in [0.29, 0.717) is 5.56 Å². The number of hydrogen-bond donors (Lipinski definition) is 1. The number of aromatic nitrogens is 2. The average molecular weight is 835 g/mol. The molecule has 1 aromatic carbocycles. The maximum Gasteiger partial charge on any atom is 0.367 e. The lowest BCUT2D eigenvalue weighted by molar-refractivity contribution is -0.270. The van der Waals surface area contributed by atoms with Crippen LogP contribution in [0.2, 0.25) is 0 Å². The van der Waals surface area contributed by atoms with E-state index in [2.05, 4.69) is 4.98 Å². The monoisotopic (exact) mass is 834 g/mol. The summed E-state index contributed by atoms with van der Waals surface area (Å²) in [5.74, 6) is -9.38. The van der Waals surface area contributed by atoms with Crippen LogP contribution in [0.4, 0.5) is 0 Å². The van der Waals surface area contributed by atoms with E-state index in [1.54, 1.807) is 44.2 Å². The Balaban J connectivity index is 1.55. The van der Waals surface area contributed by atoms with Gasteiger partial charge >= 0.3 is 41.5 Å². The molecule has 322 valence electrons. The van der Waals surface area contributed by atoms with E-state index in [-0.39, 0.29) is 6.61 Å². The summed E-state index contributed by atoms with van der Waals surface area (Å²) in [7, 11) is 0. The predicted octanol–water partition coefficient (Wildman–Crippen LogP) is 0.489. The van der Waals surface area contributed by atoms with Crippen LogP contribution in [0.5, 0.6) is 0 Å². The lowest BCUT2D eigenvalue weighted by Gasteiger charge is -2.36. The summed E-state index contributed by atoms with van der Waals surface area (Å²) in [4.78, 5) is 103. The average Bonchev–Trinajstić information content (AvgIpc) is 3.78. The van der Waals surface area contributed by atoms with Gasteiger partial charge in [-0.3, -0.25) is 38.3 Å². The molecule has 10 atom stereocenters. The van der Waals surface area contributed by atoms with E-state index in [4.69, 9.17) is 52.1 Å². The fourth-order valence-corrected chi connectivity index (χ4v) is 6.97. The van der Waals surface area contributed by atoms with Crippen molar-refractivity contribution in [2.75, 3.05) is 13.2 Å². The maximum absolute atomic E-state index is 14.4. The number of carbonyl (C=O) groups is 6. The van der Waals surface area contributed by atoms with Gasteiger partial charge in [-0.2, -0.15) is 0 Å². The van der Waals surface area contributed by atoms with Crippen LogP contribution in [0.25, 0.3) is 0 Å². The van der Waals surface area contributed by atoms with Gasteiger partial charge in [0.15, 0.2) is 30.3 Å². The third kappa shape index (κ3) is 11.2. The van der Waals surface area contributed by atoms with Crippen molar-refractivity contribution in [3.05, 3.63) is 69.0 Å². The molecule has 0 bridgehead atoms. The molecule has 3 saturated heterocycles. The number of esters is 6. The lowest BCUT2D eigenvalue weighted by atomic mass is 9.97. The minimum absolute atomic E-state index is 0.287. The molecule has 0 saturated carbocycles. The van der Waals surface area contributed by atoms with Crippen molar-refractivity contribution in [2.45, 2.75) is 128 Å². The zero-order chi connectivity index (χ0) is 43.2. The summed E-state index contributed by atoms with van der Waals surface area (Å²) in [6.45, 7) is 6.89. The molecule has 0 unspecified atom stereocenters. The summed E-state index contributed by atoms with van der Waals surface area (Å²) >= 11 is 0. The van der Waals surface area contributed by atoms with E-state index >= 15 is 0 Å². The number of nitrogens with one attached hydrogen (secondary N) is 1. The van der Waals surface area contributed by atoms with Gasteiger partial charge in [-0.05, 0) is 19.4 Å². The molecule has 1 N–H and O–H groups in total. The van der Waals surface area contributed by atoms with Gasteiger partial charge in [0.2, 0.25) is 0 Å². The van der Waals surface area contributed by atoms with Crippen LogP contribution < -0.4 is 11.2 Å². The molecule has 59 heavy (non-hydrogen) atoms. The Labute approximate surface area is 336 Å². The second kappa shape index (κ2) is 18.6. The van der Waals surface area contributed by atoms with E-state index in [9.17, 15) is 38.4 Å². The summed E-state index contributed by atoms with van der Waals surface area (Å²) in [6.07, 6.45) is -12.1. The number of nitrogens with zero attached hydrogens (tertiary/aromatic N) is 1. The highest BCUT2D eigenvalue weighted by atomic mass is 16.8. The molecular weight excluding hydrogens is 788 g/mol. The highest BCUT2D eigenvalue weighted by Gasteiger charge is 2.62. The summed E-state index contributed by atoms with van der Waals surface area (Å²) in [5, 5.41) is 0. The van der Waals surface area contributed by atoms with Crippen molar-refractivity contribution in [3.8, 4) is 0 Å². The van der Waals surface area contributed by atoms with Crippen LogP contribution in [-0.2, 0) is 87.5 Å². The van der Waals surface area contributed by atoms with Gasteiger partial charge in [0.25, 0.3) is 11.3 Å². The normalized spacial score (nSPS) is 27.0. The van der Waals surface area contributed by atoms with Crippen molar-refractivity contribution in [1.29, 1.82) is 0 Å². The van der Waals surface area contributed by atoms with Crippen LogP contribution in [0, 0.1) is 0 Å². The topological polar surface area (TPSA) is 259 Å². The molecule has 3 fully saturated rings. The van der Waals surface area contributed by atoms with Gasteiger partial charge in [0.05, 0.1) is 13.0 Å². The first-order valence-corrected chi connectivity index (χ1v) is 18.4. The smallest absolute Gasteiger partial charge is 0.367 e. The first kappa shape index (κ1) is 44.6. The van der Waals surface area contributed by atoms with Crippen LogP contribution in [0.3, 0.4) is 0 Å². The van der Waals surface area contributed by atoms with Crippen LogP contribution in [0.15, 0.2) is 52.2 Å². The number of hydrogen-bond acceptors (Lipinski definition) is 19. The Morgan fingerprint density at radius 2 is 1.47 bits per heavy atom. The Morgan fingerprint density at radius 3 is 2.08 bits per heavy atom. The molecule has 3 aliphatic heterocycles. The molecule has 0 radical (unpaired) electrons. The highest BCUT2D eigenvalue weighted by molar-refractivity contribution is 5.79. The molecular formula is C38H46N2O19. The quantitative estimate of drug-likeness (QED) is 0.178. The molecule has 0 aliphatic carbocycles. The van der Waals surface area contributed by atoms with E-state index in [0.717, 1.165) is 45.3 Å². The minimum Gasteiger partial charge on any atom is -0.462 e. The number of carbonyl (C=O) groups excluding carboxylic acids is 6. The van der Waals surface area contributed by atoms with Crippen molar-refractivity contribution in [1.82, 2.24) is 9.55 Å². The molecule has 21 heteroatoms. The van der Waals surface area contributed by atoms with Crippen molar-refractivity contribution < 1.29 is 80.9 Å². The number of benzene rings is 1. The van der Waals surface area contributed by atoms with Crippen LogP contribution in [0.1, 0.15) is 66.7 Å². The second-order valence-electron chi connectivity index (χ2n) is 14.3. The Bertz CT molecular complexity index is 2000. The minimum atomic E-state index is -2.51. The molecule has 5 rings (SSSR count). The van der Waals surface area contributed by atoms with E-state index in [1.165, 1.54) is 6.20 Å². The maximum atomic E-state index is 14.4. The van der Waals surface area contributed by atoms with Gasteiger partial charge < -0.3 is 52.1 Å². The Morgan fingerprint density at radius 1 is 0.814 bits per heavy atom. The lowest BCUT2D eigenvalue weighted by Crippen LogP contribution is -2.55. The first-order valence-electron chi connectivity index (χ1n) is 18.4. The van der Waals surface area contributed by atoms with Gasteiger partial charge in [-0.25, -0.2) is 9.59 Å². The zero-order valence-electron chi connectivity index (χ0n) is 33.3. The number of fused-ring (bicyclic) bond motifs is 1. The van der Waals surface area contributed by atoms with Crippen LogP contribution in [-0.4, -0.2) is 119 Å². The largest absolute Gasteiger partial charge is 0.462 e. The fraction of sp³-hybridized carbons (Fsp3) is 0.579. The zero-order valence-corrected chi connectivity index (χ0v) is 33.3. The molecule has 21 nitrogen and oxygen atoms in total.